The lowest BCUT2D eigenvalue weighted by atomic mass is 10.1. The van der Waals surface area contributed by atoms with Crippen LogP contribution in [0.3, 0.4) is 0 Å². The molecule has 6 heteroatoms. The first-order valence-corrected chi connectivity index (χ1v) is 11.1. The van der Waals surface area contributed by atoms with E-state index in [1.54, 1.807) is 4.90 Å². The van der Waals surface area contributed by atoms with Crippen LogP contribution in [0, 0.1) is 12.8 Å². The van der Waals surface area contributed by atoms with Crippen LogP contribution in [0.5, 0.6) is 0 Å². The largest absolute Gasteiger partial charge is 0.352 e. The summed E-state index contributed by atoms with van der Waals surface area (Å²) in [4.78, 5) is 31.7. The minimum Gasteiger partial charge on any atom is -0.352 e. The van der Waals surface area contributed by atoms with Crippen molar-refractivity contribution in [2.45, 2.75) is 26.4 Å². The average Bonchev–Trinajstić information content (AvgIpc) is 3.16. The third kappa shape index (κ3) is 5.51. The summed E-state index contributed by atoms with van der Waals surface area (Å²) >= 11 is 0. The Bertz CT molecular complexity index is 919. The first-order chi connectivity index (χ1) is 15.0. The number of hydrogen-bond acceptors (Lipinski definition) is 4. The highest BCUT2D eigenvalue weighted by Gasteiger charge is 2.34. The maximum Gasteiger partial charge on any atom is 0.227 e. The molecule has 2 fully saturated rings. The smallest absolute Gasteiger partial charge is 0.227 e. The molecule has 2 amide bonds. The number of benzene rings is 2. The molecule has 2 aliphatic heterocycles. The molecule has 0 radical (unpaired) electrons. The van der Waals surface area contributed by atoms with Gasteiger partial charge < -0.3 is 15.1 Å². The molecule has 0 aromatic heterocycles. The van der Waals surface area contributed by atoms with E-state index in [0.29, 0.717) is 13.1 Å². The van der Waals surface area contributed by atoms with Crippen molar-refractivity contribution in [2.75, 3.05) is 44.7 Å². The minimum absolute atomic E-state index is 0.0122. The van der Waals surface area contributed by atoms with Crippen LogP contribution in [0.1, 0.15) is 23.1 Å². The third-order valence-corrected chi connectivity index (χ3v) is 6.30. The third-order valence-electron chi connectivity index (χ3n) is 6.30. The number of piperazine rings is 1. The maximum atomic E-state index is 12.7. The van der Waals surface area contributed by atoms with Crippen LogP contribution in [0.4, 0.5) is 5.69 Å². The maximum absolute atomic E-state index is 12.7. The van der Waals surface area contributed by atoms with E-state index in [1.165, 1.54) is 5.56 Å². The van der Waals surface area contributed by atoms with Gasteiger partial charge in [-0.05, 0) is 37.2 Å². The summed E-state index contributed by atoms with van der Waals surface area (Å²) in [5.74, 6) is -0.340. The molecule has 164 valence electrons. The van der Waals surface area contributed by atoms with Gasteiger partial charge in [0.05, 0.1) is 5.92 Å². The van der Waals surface area contributed by atoms with Gasteiger partial charge in [-0.1, -0.05) is 42.0 Å². The van der Waals surface area contributed by atoms with Gasteiger partial charge in [-0.2, -0.15) is 0 Å². The number of anilines is 1. The second kappa shape index (κ2) is 9.62. The van der Waals surface area contributed by atoms with Crippen molar-refractivity contribution in [3.8, 4) is 0 Å². The van der Waals surface area contributed by atoms with Crippen LogP contribution >= 0.6 is 0 Å². The summed E-state index contributed by atoms with van der Waals surface area (Å²) in [6.45, 7) is 8.28. The molecule has 31 heavy (non-hydrogen) atoms. The fourth-order valence-electron chi connectivity index (χ4n) is 4.29. The molecule has 2 aromatic rings. The Labute approximate surface area is 184 Å². The molecule has 0 spiro atoms. The van der Waals surface area contributed by atoms with Gasteiger partial charge >= 0.3 is 0 Å². The number of aryl methyl sites for hydroxylation is 1. The van der Waals surface area contributed by atoms with E-state index in [9.17, 15) is 9.59 Å². The number of carbonyl (C=O) groups excluding carboxylic acids is 2. The van der Waals surface area contributed by atoms with Crippen molar-refractivity contribution in [3.63, 3.8) is 0 Å². The Morgan fingerprint density at radius 2 is 1.74 bits per heavy atom. The van der Waals surface area contributed by atoms with Crippen LogP contribution in [0.2, 0.25) is 0 Å². The van der Waals surface area contributed by atoms with E-state index in [4.69, 9.17) is 0 Å². The topological polar surface area (TPSA) is 55.9 Å². The molecule has 4 rings (SSSR count). The second-order valence-corrected chi connectivity index (χ2v) is 8.86. The molecule has 0 bridgehead atoms. The van der Waals surface area contributed by atoms with E-state index in [1.807, 2.05) is 37.3 Å². The number of nitrogens with one attached hydrogen (secondary N) is 1. The van der Waals surface area contributed by atoms with Gasteiger partial charge in [0.2, 0.25) is 11.8 Å². The van der Waals surface area contributed by atoms with Crippen molar-refractivity contribution in [2.24, 2.45) is 5.92 Å². The van der Waals surface area contributed by atoms with Crippen LogP contribution in [-0.2, 0) is 22.7 Å². The summed E-state index contributed by atoms with van der Waals surface area (Å²) in [6, 6.07) is 16.3. The summed E-state index contributed by atoms with van der Waals surface area (Å²) < 4.78 is 0. The number of hydrogen-bond donors (Lipinski definition) is 1. The quantitative estimate of drug-likeness (QED) is 0.780. The number of rotatable bonds is 6. The first kappa shape index (κ1) is 21.5. The molecule has 6 nitrogen and oxygen atoms in total. The fourth-order valence-corrected chi connectivity index (χ4v) is 4.29. The van der Waals surface area contributed by atoms with Gasteiger partial charge in [-0.15, -0.1) is 0 Å². The lowest BCUT2D eigenvalue weighted by Gasteiger charge is -2.32. The van der Waals surface area contributed by atoms with Crippen molar-refractivity contribution in [3.05, 3.63) is 65.2 Å². The standard InChI is InChI=1S/C25H32N4O2/c1-19-6-8-23(9-7-19)29-18-22(15-24(29)30)25(31)26-16-20-4-3-5-21(14-20)17-28-12-10-27(2)11-13-28/h3-9,14,22H,10-13,15-18H2,1-2H3,(H,26,31). The van der Waals surface area contributed by atoms with Gasteiger partial charge in [0.25, 0.3) is 0 Å². The minimum atomic E-state index is -0.303. The van der Waals surface area contributed by atoms with E-state index in [-0.39, 0.29) is 24.2 Å². The first-order valence-electron chi connectivity index (χ1n) is 11.1. The molecule has 1 N–H and O–H groups in total. The molecule has 0 aliphatic carbocycles. The van der Waals surface area contributed by atoms with Crippen LogP contribution < -0.4 is 10.2 Å². The van der Waals surface area contributed by atoms with Crippen molar-refractivity contribution >= 4 is 17.5 Å². The second-order valence-electron chi connectivity index (χ2n) is 8.86. The SMILES string of the molecule is Cc1ccc(N2CC(C(=O)NCc3cccc(CN4CCN(C)CC4)c3)CC2=O)cc1. The van der Waals surface area contributed by atoms with Gasteiger partial charge in [-0.3, -0.25) is 14.5 Å². The predicted molar refractivity (Wildman–Crippen MR) is 123 cm³/mol. The average molecular weight is 421 g/mol. The molecule has 2 aliphatic rings. The molecule has 2 heterocycles. The molecular formula is C25H32N4O2. The summed E-state index contributed by atoms with van der Waals surface area (Å²) in [5.41, 5.74) is 4.39. The Morgan fingerprint density at radius 1 is 1.03 bits per heavy atom. The molecule has 1 atom stereocenters. The molecular weight excluding hydrogens is 388 g/mol. The highest BCUT2D eigenvalue weighted by molar-refractivity contribution is 6.00. The van der Waals surface area contributed by atoms with Crippen LogP contribution in [0.25, 0.3) is 0 Å². The predicted octanol–water partition coefficient (Wildman–Crippen LogP) is 2.41. The molecule has 2 aromatic carbocycles. The summed E-state index contributed by atoms with van der Waals surface area (Å²) in [7, 11) is 2.17. The van der Waals surface area contributed by atoms with Gasteiger partial charge in [-0.25, -0.2) is 0 Å². The van der Waals surface area contributed by atoms with Crippen LogP contribution in [-0.4, -0.2) is 61.4 Å². The fraction of sp³-hybridized carbons (Fsp3) is 0.440. The van der Waals surface area contributed by atoms with E-state index in [2.05, 4.69) is 40.4 Å². The normalized spacial score (nSPS) is 20.3. The molecule has 0 saturated carbocycles. The van der Waals surface area contributed by atoms with Gasteiger partial charge in [0.15, 0.2) is 0 Å². The van der Waals surface area contributed by atoms with Crippen molar-refractivity contribution in [1.29, 1.82) is 0 Å². The van der Waals surface area contributed by atoms with Crippen molar-refractivity contribution in [1.82, 2.24) is 15.1 Å². The van der Waals surface area contributed by atoms with Crippen molar-refractivity contribution < 1.29 is 9.59 Å². The lowest BCUT2D eigenvalue weighted by molar-refractivity contribution is -0.126. The zero-order valence-electron chi connectivity index (χ0n) is 18.5. The number of likely N-dealkylation sites (N-methyl/N-ethyl adjacent to an activating group) is 1. The molecule has 1 unspecified atom stereocenters. The summed E-state index contributed by atoms with van der Waals surface area (Å²) in [5, 5.41) is 3.04. The zero-order valence-corrected chi connectivity index (χ0v) is 18.5. The Hall–Kier alpha value is -2.70. The Morgan fingerprint density at radius 3 is 2.48 bits per heavy atom. The van der Waals surface area contributed by atoms with E-state index < -0.39 is 0 Å². The Kier molecular flexibility index (Phi) is 6.68. The summed E-state index contributed by atoms with van der Waals surface area (Å²) in [6.07, 6.45) is 0.267. The monoisotopic (exact) mass is 420 g/mol. The van der Waals surface area contributed by atoms with E-state index >= 15 is 0 Å². The zero-order chi connectivity index (χ0) is 21.8. The highest BCUT2D eigenvalue weighted by Crippen LogP contribution is 2.25. The number of nitrogens with zero attached hydrogens (tertiary/aromatic N) is 3. The highest BCUT2D eigenvalue weighted by atomic mass is 16.2. The van der Waals surface area contributed by atoms with Gasteiger partial charge in [0, 0.05) is 57.9 Å². The lowest BCUT2D eigenvalue weighted by Crippen LogP contribution is -2.43. The van der Waals surface area contributed by atoms with E-state index in [0.717, 1.165) is 49.5 Å². The number of amides is 2. The molecule has 2 saturated heterocycles. The van der Waals surface area contributed by atoms with Gasteiger partial charge in [0.1, 0.15) is 0 Å². The van der Waals surface area contributed by atoms with Crippen LogP contribution in [0.15, 0.2) is 48.5 Å². The number of carbonyl (C=O) groups is 2. The Balaban J connectivity index is 1.29.